The highest BCUT2D eigenvalue weighted by atomic mass is 32.2. The van der Waals surface area contributed by atoms with Crippen LogP contribution in [0.2, 0.25) is 0 Å². The number of aliphatic hydroxyl groups excluding tert-OH is 8. The van der Waals surface area contributed by atoms with Crippen molar-refractivity contribution in [1.82, 2.24) is 9.55 Å². The summed E-state index contributed by atoms with van der Waals surface area (Å²) in [5.74, 6) is -1.39. The van der Waals surface area contributed by atoms with Gasteiger partial charge in [0.25, 0.3) is 0 Å². The van der Waals surface area contributed by atoms with Crippen LogP contribution >= 0.6 is 11.8 Å². The second-order valence-corrected chi connectivity index (χ2v) is 10.1. The molecule has 1 aromatic heterocycles. The molecule has 3 fully saturated rings. The minimum atomic E-state index is -1.85. The first-order valence-corrected chi connectivity index (χ1v) is 12.7. The van der Waals surface area contributed by atoms with Crippen LogP contribution in [0.1, 0.15) is 6.23 Å². The fraction of sp³-hybridized carbons (Fsp3) is 0.800. The number of ether oxygens (including phenoxy) is 4. The molecule has 0 aromatic carbocycles. The van der Waals surface area contributed by atoms with Crippen LogP contribution in [0.5, 0.6) is 0 Å². The van der Waals surface area contributed by atoms with E-state index < -0.39 is 104 Å². The topological polar surface area (TPSA) is 246 Å². The van der Waals surface area contributed by atoms with Gasteiger partial charge in [-0.2, -0.15) is 4.98 Å². The highest BCUT2D eigenvalue weighted by Gasteiger charge is 2.50. The summed E-state index contributed by atoms with van der Waals surface area (Å²) in [5.41, 5.74) is -1.49. The molecule has 1 aromatic rings. The molecule has 4 rings (SSSR count). The summed E-state index contributed by atoms with van der Waals surface area (Å²) in [4.78, 5) is 16.1. The van der Waals surface area contributed by atoms with E-state index in [-0.39, 0.29) is 12.4 Å². The fourth-order valence-corrected chi connectivity index (χ4v) is 5.21. The summed E-state index contributed by atoms with van der Waals surface area (Å²) in [7, 11) is 0. The molecular formula is C20H30FN3O13S. The lowest BCUT2D eigenvalue weighted by molar-refractivity contribution is -0.340. The van der Waals surface area contributed by atoms with Crippen molar-refractivity contribution in [3.8, 4) is 0 Å². The van der Waals surface area contributed by atoms with Gasteiger partial charge >= 0.3 is 5.69 Å². The van der Waals surface area contributed by atoms with Crippen LogP contribution in [0, 0.1) is 5.82 Å². The van der Waals surface area contributed by atoms with E-state index in [0.717, 1.165) is 10.8 Å². The summed E-state index contributed by atoms with van der Waals surface area (Å²) >= 11 is 1.23. The van der Waals surface area contributed by atoms with Crippen LogP contribution in [0.4, 0.5) is 10.2 Å². The zero-order valence-corrected chi connectivity index (χ0v) is 20.5. The Morgan fingerprint density at radius 1 is 0.974 bits per heavy atom. The Hall–Kier alpha value is -1.52. The van der Waals surface area contributed by atoms with Crippen LogP contribution in [0.25, 0.3) is 0 Å². The monoisotopic (exact) mass is 571 g/mol. The van der Waals surface area contributed by atoms with Crippen molar-refractivity contribution >= 4 is 17.6 Å². The molecule has 0 saturated carbocycles. The van der Waals surface area contributed by atoms with Crippen molar-refractivity contribution in [2.24, 2.45) is 0 Å². The Bertz CT molecular complexity index is 1010. The third kappa shape index (κ3) is 5.82. The van der Waals surface area contributed by atoms with Gasteiger partial charge in [0.15, 0.2) is 24.2 Å². The van der Waals surface area contributed by atoms with Gasteiger partial charge < -0.3 is 65.1 Å². The van der Waals surface area contributed by atoms with Crippen molar-refractivity contribution in [3.05, 3.63) is 22.5 Å². The maximum atomic E-state index is 14.8. The molecule has 0 aliphatic carbocycles. The molecule has 16 nitrogen and oxygen atoms in total. The number of aliphatic hydroxyl groups is 8. The van der Waals surface area contributed by atoms with E-state index in [9.17, 15) is 44.9 Å². The number of hydrogen-bond donors (Lipinski definition) is 9. The van der Waals surface area contributed by atoms with E-state index in [2.05, 4.69) is 10.3 Å². The quantitative estimate of drug-likeness (QED) is 0.142. The molecule has 3 saturated heterocycles. The van der Waals surface area contributed by atoms with Gasteiger partial charge in [0.1, 0.15) is 60.5 Å². The van der Waals surface area contributed by atoms with Crippen LogP contribution < -0.4 is 11.0 Å². The molecule has 12 atom stereocenters. The fourth-order valence-electron chi connectivity index (χ4n) is 4.28. The number of anilines is 1. The van der Waals surface area contributed by atoms with E-state index in [1.54, 1.807) is 0 Å². The minimum absolute atomic E-state index is 0.268. The zero-order chi connectivity index (χ0) is 27.7. The summed E-state index contributed by atoms with van der Waals surface area (Å²) in [6.45, 7) is -1.83. The largest absolute Gasteiger partial charge is 0.394 e. The van der Waals surface area contributed by atoms with Crippen LogP contribution in [-0.2, 0) is 18.9 Å². The van der Waals surface area contributed by atoms with Crippen molar-refractivity contribution in [2.75, 3.05) is 30.9 Å². The Morgan fingerprint density at radius 3 is 2.32 bits per heavy atom. The average molecular weight is 572 g/mol. The van der Waals surface area contributed by atoms with Gasteiger partial charge in [-0.25, -0.2) is 9.18 Å². The maximum absolute atomic E-state index is 14.8. The van der Waals surface area contributed by atoms with E-state index >= 15 is 0 Å². The van der Waals surface area contributed by atoms with Gasteiger partial charge in [-0.3, -0.25) is 4.57 Å². The first-order valence-electron chi connectivity index (χ1n) is 11.6. The molecule has 9 N–H and O–H groups in total. The van der Waals surface area contributed by atoms with Crippen LogP contribution in [-0.4, -0.2) is 143 Å². The van der Waals surface area contributed by atoms with Crippen molar-refractivity contribution in [1.29, 1.82) is 0 Å². The SMILES string of the molecule is O=c1nc(NC2OC(CO)C(OC3OC(CO)C(O)C(O)C3O)C(O)C2O)c(F)cn1C1CSC(CO)O1. The Balaban J connectivity index is 1.46. The van der Waals surface area contributed by atoms with Crippen molar-refractivity contribution in [2.45, 2.75) is 73.0 Å². The third-order valence-corrected chi connectivity index (χ3v) is 7.49. The second-order valence-electron chi connectivity index (χ2n) is 8.86. The highest BCUT2D eigenvalue weighted by Crippen LogP contribution is 2.32. The van der Waals surface area contributed by atoms with Gasteiger partial charge in [0, 0.05) is 5.75 Å². The number of hydrogen-bond acceptors (Lipinski definition) is 16. The Labute approximate surface area is 218 Å². The first-order chi connectivity index (χ1) is 18.1. The third-order valence-electron chi connectivity index (χ3n) is 6.38. The van der Waals surface area contributed by atoms with Gasteiger partial charge in [0.05, 0.1) is 26.0 Å². The number of rotatable bonds is 8. The number of thioether (sulfide) groups is 1. The average Bonchev–Trinajstić information content (AvgIpc) is 3.39. The molecule has 12 unspecified atom stereocenters. The lowest BCUT2D eigenvalue weighted by Crippen LogP contribution is -2.65. The Kier molecular flexibility index (Phi) is 9.56. The van der Waals surface area contributed by atoms with Gasteiger partial charge in [0.2, 0.25) is 0 Å². The molecule has 216 valence electrons. The van der Waals surface area contributed by atoms with Crippen LogP contribution in [0.15, 0.2) is 11.0 Å². The number of nitrogens with one attached hydrogen (secondary N) is 1. The van der Waals surface area contributed by atoms with Crippen molar-refractivity contribution in [3.63, 3.8) is 0 Å². The van der Waals surface area contributed by atoms with Gasteiger partial charge in [-0.15, -0.1) is 11.8 Å². The minimum Gasteiger partial charge on any atom is -0.394 e. The van der Waals surface area contributed by atoms with Gasteiger partial charge in [-0.05, 0) is 0 Å². The molecule has 4 heterocycles. The zero-order valence-electron chi connectivity index (χ0n) is 19.6. The van der Waals surface area contributed by atoms with E-state index in [0.29, 0.717) is 0 Å². The molecule has 38 heavy (non-hydrogen) atoms. The normalized spacial score (nSPS) is 41.8. The predicted molar refractivity (Wildman–Crippen MR) is 122 cm³/mol. The van der Waals surface area contributed by atoms with Gasteiger partial charge in [-0.1, -0.05) is 0 Å². The molecular weight excluding hydrogens is 541 g/mol. The maximum Gasteiger partial charge on any atom is 0.351 e. The molecule has 3 aliphatic heterocycles. The summed E-state index contributed by atoms with van der Waals surface area (Å²) in [5, 5.41) is 82.0. The smallest absolute Gasteiger partial charge is 0.351 e. The standard InChI is InChI=1S/C20H30FN3O13S/c21-6-1-24(9-5-38-10(4-27)36-9)20(33)23-17(6)22-18-14(31)13(30)16(8(3-26)34-18)37-19-15(32)12(29)11(28)7(2-25)35-19/h1,7-16,18-19,25-32H,2-5H2,(H,22,23,33). The van der Waals surface area contributed by atoms with E-state index in [4.69, 9.17) is 24.1 Å². The molecule has 0 bridgehead atoms. The summed E-state index contributed by atoms with van der Waals surface area (Å²) < 4.78 is 37.3. The molecule has 0 amide bonds. The molecule has 0 spiro atoms. The van der Waals surface area contributed by atoms with E-state index in [1.165, 1.54) is 11.8 Å². The highest BCUT2D eigenvalue weighted by molar-refractivity contribution is 8.00. The number of nitrogens with zero attached hydrogens (tertiary/aromatic N) is 2. The van der Waals surface area contributed by atoms with Crippen LogP contribution in [0.3, 0.4) is 0 Å². The molecule has 18 heteroatoms. The summed E-state index contributed by atoms with van der Waals surface area (Å²) in [6, 6.07) is 0. The molecule has 0 radical (unpaired) electrons. The predicted octanol–water partition coefficient (Wildman–Crippen LogP) is -5.00. The number of aromatic nitrogens is 2. The van der Waals surface area contributed by atoms with Crippen molar-refractivity contribution < 1.29 is 64.2 Å². The number of halogens is 1. The van der Waals surface area contributed by atoms with E-state index in [1.807, 2.05) is 0 Å². The Morgan fingerprint density at radius 2 is 1.68 bits per heavy atom. The lowest BCUT2D eigenvalue weighted by Gasteiger charge is -2.46. The molecule has 3 aliphatic rings. The lowest BCUT2D eigenvalue weighted by atomic mass is 9.96. The first kappa shape index (κ1) is 29.5. The summed E-state index contributed by atoms with van der Waals surface area (Å²) in [6.07, 6.45) is -16.6. The second kappa shape index (κ2) is 12.3.